The van der Waals surface area contributed by atoms with Crippen molar-refractivity contribution < 1.29 is 4.79 Å². The Morgan fingerprint density at radius 3 is 3.00 bits per heavy atom. The molecule has 2 amide bonds. The molecule has 0 unspecified atom stereocenters. The van der Waals surface area contributed by atoms with Crippen LogP contribution in [0.5, 0.6) is 0 Å². The van der Waals surface area contributed by atoms with Crippen LogP contribution in [-0.2, 0) is 0 Å². The predicted molar refractivity (Wildman–Crippen MR) is 85.7 cm³/mol. The first-order valence-electron chi connectivity index (χ1n) is 6.44. The van der Waals surface area contributed by atoms with Crippen molar-refractivity contribution in [2.24, 2.45) is 0 Å². The van der Waals surface area contributed by atoms with E-state index in [-0.39, 0.29) is 6.03 Å². The van der Waals surface area contributed by atoms with E-state index in [2.05, 4.69) is 37.1 Å². The molecule has 2 N–H and O–H groups in total. The summed E-state index contributed by atoms with van der Waals surface area (Å²) in [6.45, 7) is 3.92. The molecule has 0 bridgehead atoms. The molecular weight excluding hydrogens is 300 g/mol. The largest absolute Gasteiger partial charge is 0.334 e. The van der Waals surface area contributed by atoms with Crippen LogP contribution in [0, 0.1) is 0 Å². The highest BCUT2D eigenvalue weighted by atomic mass is 32.1. The lowest BCUT2D eigenvalue weighted by Gasteiger charge is -2.06. The van der Waals surface area contributed by atoms with Crippen molar-refractivity contribution in [1.29, 1.82) is 0 Å². The lowest BCUT2D eigenvalue weighted by Crippen LogP contribution is -2.28. The summed E-state index contributed by atoms with van der Waals surface area (Å²) in [5, 5.41) is 5.25. The van der Waals surface area contributed by atoms with Crippen LogP contribution in [0.2, 0.25) is 0 Å². The molecule has 3 rings (SSSR count). The van der Waals surface area contributed by atoms with Crippen LogP contribution in [0.25, 0.3) is 21.7 Å². The highest BCUT2D eigenvalue weighted by Crippen LogP contribution is 2.22. The first kappa shape index (κ1) is 14.1. The van der Waals surface area contributed by atoms with E-state index in [1.54, 1.807) is 36.1 Å². The van der Waals surface area contributed by atoms with Gasteiger partial charge in [0, 0.05) is 12.7 Å². The van der Waals surface area contributed by atoms with Gasteiger partial charge in [-0.3, -0.25) is 15.3 Å². The summed E-state index contributed by atoms with van der Waals surface area (Å²) >= 11 is 1.48. The molecule has 0 aliphatic carbocycles. The molecular formula is C14H12N6OS. The summed E-state index contributed by atoms with van der Waals surface area (Å²) in [7, 11) is 0. The third kappa shape index (κ3) is 3.07. The SMILES string of the molecule is C=CCNC(=O)Nc1ccc2ncc(-c3cncs3)nc2n1. The third-order valence-electron chi connectivity index (χ3n) is 2.74. The summed E-state index contributed by atoms with van der Waals surface area (Å²) in [4.78, 5) is 29.6. The van der Waals surface area contributed by atoms with E-state index in [1.165, 1.54) is 11.3 Å². The number of rotatable bonds is 4. The maximum atomic E-state index is 11.6. The molecule has 0 saturated carbocycles. The number of fused-ring (bicyclic) bond motifs is 1. The molecule has 0 spiro atoms. The molecule has 3 aromatic heterocycles. The average Bonchev–Trinajstić information content (AvgIpc) is 3.06. The van der Waals surface area contributed by atoms with Gasteiger partial charge in [0.15, 0.2) is 5.65 Å². The number of hydrogen-bond acceptors (Lipinski definition) is 6. The molecule has 110 valence electrons. The highest BCUT2D eigenvalue weighted by molar-refractivity contribution is 7.13. The minimum Gasteiger partial charge on any atom is -0.334 e. The summed E-state index contributed by atoms with van der Waals surface area (Å²) in [6.07, 6.45) is 5.01. The molecule has 0 saturated heterocycles. The number of pyridine rings is 1. The first-order valence-corrected chi connectivity index (χ1v) is 7.32. The summed E-state index contributed by atoms with van der Waals surface area (Å²) in [5.74, 6) is 0.407. The number of anilines is 1. The van der Waals surface area contributed by atoms with Gasteiger partial charge in [-0.2, -0.15) is 0 Å². The maximum absolute atomic E-state index is 11.6. The van der Waals surface area contributed by atoms with Crippen molar-refractivity contribution in [1.82, 2.24) is 25.3 Å². The Labute approximate surface area is 130 Å². The van der Waals surface area contributed by atoms with Crippen molar-refractivity contribution in [3.8, 4) is 10.6 Å². The summed E-state index contributed by atoms with van der Waals surface area (Å²) < 4.78 is 0. The fraction of sp³-hybridized carbons (Fsp3) is 0.0714. The van der Waals surface area contributed by atoms with Crippen LogP contribution < -0.4 is 10.6 Å². The van der Waals surface area contributed by atoms with E-state index in [1.807, 2.05) is 0 Å². The van der Waals surface area contributed by atoms with Crippen molar-refractivity contribution in [2.75, 3.05) is 11.9 Å². The van der Waals surface area contributed by atoms with Crippen LogP contribution in [0.1, 0.15) is 0 Å². The maximum Gasteiger partial charge on any atom is 0.320 e. The van der Waals surface area contributed by atoms with E-state index in [0.29, 0.717) is 29.2 Å². The quantitative estimate of drug-likeness (QED) is 0.722. The van der Waals surface area contributed by atoms with Gasteiger partial charge >= 0.3 is 6.03 Å². The highest BCUT2D eigenvalue weighted by Gasteiger charge is 2.07. The van der Waals surface area contributed by atoms with E-state index in [0.717, 1.165) is 4.88 Å². The third-order valence-corrected chi connectivity index (χ3v) is 3.54. The van der Waals surface area contributed by atoms with Crippen LogP contribution in [0.4, 0.5) is 10.6 Å². The predicted octanol–water partition coefficient (Wildman–Crippen LogP) is 2.46. The minimum absolute atomic E-state index is 0.349. The van der Waals surface area contributed by atoms with Crippen molar-refractivity contribution in [2.45, 2.75) is 0 Å². The van der Waals surface area contributed by atoms with Crippen LogP contribution in [-0.4, -0.2) is 32.5 Å². The second-order valence-electron chi connectivity index (χ2n) is 4.28. The number of nitrogens with zero attached hydrogens (tertiary/aromatic N) is 4. The molecule has 0 aromatic carbocycles. The van der Waals surface area contributed by atoms with Gasteiger partial charge in [-0.25, -0.2) is 14.8 Å². The Balaban J connectivity index is 1.87. The van der Waals surface area contributed by atoms with E-state index in [4.69, 9.17) is 0 Å². The number of carbonyl (C=O) groups excluding carboxylic acids is 1. The van der Waals surface area contributed by atoms with Gasteiger partial charge in [0.1, 0.15) is 17.0 Å². The Bertz CT molecular complexity index is 817. The Hall–Kier alpha value is -2.87. The molecule has 0 aliphatic rings. The Morgan fingerprint density at radius 2 is 2.23 bits per heavy atom. The zero-order chi connectivity index (χ0) is 15.4. The van der Waals surface area contributed by atoms with Crippen LogP contribution in [0.15, 0.2) is 42.7 Å². The topological polar surface area (TPSA) is 92.7 Å². The summed E-state index contributed by atoms with van der Waals surface area (Å²) in [6, 6.07) is 3.09. The van der Waals surface area contributed by atoms with Crippen molar-refractivity contribution >= 4 is 34.3 Å². The zero-order valence-electron chi connectivity index (χ0n) is 11.5. The molecule has 3 aromatic rings. The van der Waals surface area contributed by atoms with Crippen LogP contribution >= 0.6 is 11.3 Å². The van der Waals surface area contributed by atoms with Gasteiger partial charge in [0.05, 0.1) is 16.6 Å². The molecule has 22 heavy (non-hydrogen) atoms. The van der Waals surface area contributed by atoms with Gasteiger partial charge < -0.3 is 5.32 Å². The number of hydrogen-bond donors (Lipinski definition) is 2. The van der Waals surface area contributed by atoms with Crippen LogP contribution in [0.3, 0.4) is 0 Å². The second-order valence-corrected chi connectivity index (χ2v) is 5.17. The van der Waals surface area contributed by atoms with Crippen molar-refractivity contribution in [3.05, 3.63) is 42.7 Å². The Kier molecular flexibility index (Phi) is 4.01. The fourth-order valence-corrected chi connectivity index (χ4v) is 2.33. The minimum atomic E-state index is -0.349. The lowest BCUT2D eigenvalue weighted by atomic mass is 10.3. The van der Waals surface area contributed by atoms with Gasteiger partial charge in [-0.1, -0.05) is 6.08 Å². The fourth-order valence-electron chi connectivity index (χ4n) is 1.75. The van der Waals surface area contributed by atoms with Gasteiger partial charge in [0.2, 0.25) is 0 Å². The van der Waals surface area contributed by atoms with E-state index >= 15 is 0 Å². The molecule has 0 atom stereocenters. The molecule has 0 fully saturated rings. The first-order chi connectivity index (χ1) is 10.8. The van der Waals surface area contributed by atoms with Gasteiger partial charge in [-0.05, 0) is 12.1 Å². The van der Waals surface area contributed by atoms with Crippen molar-refractivity contribution in [3.63, 3.8) is 0 Å². The number of nitrogens with one attached hydrogen (secondary N) is 2. The van der Waals surface area contributed by atoms with Gasteiger partial charge in [0.25, 0.3) is 0 Å². The van der Waals surface area contributed by atoms with Gasteiger partial charge in [-0.15, -0.1) is 17.9 Å². The second kappa shape index (κ2) is 6.27. The van der Waals surface area contributed by atoms with E-state index < -0.39 is 0 Å². The molecule has 0 aliphatic heterocycles. The smallest absolute Gasteiger partial charge is 0.320 e. The monoisotopic (exact) mass is 312 g/mol. The lowest BCUT2D eigenvalue weighted by molar-refractivity contribution is 0.253. The molecule has 7 nitrogen and oxygen atoms in total. The molecule has 8 heteroatoms. The number of thiazole rings is 1. The normalized spacial score (nSPS) is 10.4. The number of carbonyl (C=O) groups is 1. The number of urea groups is 1. The molecule has 0 radical (unpaired) electrons. The number of amides is 2. The Morgan fingerprint density at radius 1 is 1.32 bits per heavy atom. The summed E-state index contributed by atoms with van der Waals surface area (Å²) in [5.41, 5.74) is 3.56. The number of aromatic nitrogens is 4. The zero-order valence-corrected chi connectivity index (χ0v) is 12.3. The van der Waals surface area contributed by atoms with E-state index in [9.17, 15) is 4.79 Å². The molecule has 3 heterocycles. The average molecular weight is 312 g/mol. The standard InChI is InChI=1S/C14H12N6OS/c1-2-5-16-14(21)20-12-4-3-9-13(19-12)18-10(6-17-9)11-7-15-8-22-11/h2-4,6-8H,1,5H2,(H2,16,18,19,20,21).